The molecule has 0 saturated heterocycles. The Bertz CT molecular complexity index is 866. The molecule has 0 saturated carbocycles. The topological polar surface area (TPSA) is 75.3 Å². The summed E-state index contributed by atoms with van der Waals surface area (Å²) in [5.41, 5.74) is 2.14. The lowest BCUT2D eigenvalue weighted by molar-refractivity contribution is -0.121. The van der Waals surface area contributed by atoms with E-state index in [1.54, 1.807) is 31.2 Å². The van der Waals surface area contributed by atoms with Crippen molar-refractivity contribution in [2.45, 2.75) is 31.7 Å². The summed E-state index contributed by atoms with van der Waals surface area (Å²) in [6.45, 7) is 3.73. The van der Waals surface area contributed by atoms with Gasteiger partial charge in [-0.05, 0) is 48.7 Å². The van der Waals surface area contributed by atoms with E-state index >= 15 is 0 Å². The molecule has 0 radical (unpaired) electrons. The van der Waals surface area contributed by atoms with Gasteiger partial charge in [0.1, 0.15) is 5.82 Å². The minimum absolute atomic E-state index is 0.000586. The largest absolute Gasteiger partial charge is 0.352 e. The van der Waals surface area contributed by atoms with E-state index in [9.17, 15) is 17.6 Å². The first-order valence-corrected chi connectivity index (χ1v) is 9.34. The number of sulfonamides is 1. The number of benzene rings is 2. The first kappa shape index (κ1) is 19.1. The summed E-state index contributed by atoms with van der Waals surface area (Å²) in [4.78, 5) is 12.0. The molecule has 0 unspecified atom stereocenters. The third-order valence-corrected chi connectivity index (χ3v) is 5.26. The fourth-order valence-electron chi connectivity index (χ4n) is 2.31. The summed E-state index contributed by atoms with van der Waals surface area (Å²) >= 11 is 0. The Hall–Kier alpha value is -2.25. The molecule has 0 aromatic heterocycles. The van der Waals surface area contributed by atoms with Gasteiger partial charge in [-0.1, -0.05) is 24.3 Å². The molecule has 0 heterocycles. The molecule has 2 aromatic rings. The molecule has 25 heavy (non-hydrogen) atoms. The smallest absolute Gasteiger partial charge is 0.240 e. The Morgan fingerprint density at radius 2 is 1.88 bits per heavy atom. The average molecular weight is 364 g/mol. The van der Waals surface area contributed by atoms with Crippen molar-refractivity contribution in [2.24, 2.45) is 0 Å². The average Bonchev–Trinajstić information content (AvgIpc) is 2.55. The van der Waals surface area contributed by atoms with Crippen LogP contribution in [0.3, 0.4) is 0 Å². The first-order valence-electron chi connectivity index (χ1n) is 7.86. The molecule has 0 aliphatic carbocycles. The molecule has 0 aliphatic heterocycles. The summed E-state index contributed by atoms with van der Waals surface area (Å²) in [7, 11) is -3.66. The molecule has 0 aliphatic rings. The fourth-order valence-corrected chi connectivity index (χ4v) is 3.67. The van der Waals surface area contributed by atoms with Gasteiger partial charge in [-0.3, -0.25) is 4.79 Å². The zero-order chi connectivity index (χ0) is 18.4. The van der Waals surface area contributed by atoms with Crippen LogP contribution in [0, 0.1) is 19.7 Å². The van der Waals surface area contributed by atoms with Gasteiger partial charge in [0, 0.05) is 19.5 Å². The van der Waals surface area contributed by atoms with Crippen molar-refractivity contribution in [1.82, 2.24) is 10.0 Å². The lowest BCUT2D eigenvalue weighted by Crippen LogP contribution is -2.31. The van der Waals surface area contributed by atoms with Crippen molar-refractivity contribution >= 4 is 15.9 Å². The molecule has 0 atom stereocenters. The molecule has 0 spiro atoms. The van der Waals surface area contributed by atoms with Crippen LogP contribution >= 0.6 is 0 Å². The number of aryl methyl sites for hydroxylation is 2. The van der Waals surface area contributed by atoms with Crippen molar-refractivity contribution < 1.29 is 17.6 Å². The fraction of sp³-hybridized carbons (Fsp3) is 0.278. The van der Waals surface area contributed by atoms with Crippen LogP contribution < -0.4 is 10.0 Å². The third-order valence-electron chi connectivity index (χ3n) is 3.66. The van der Waals surface area contributed by atoms with Crippen LogP contribution in [0.2, 0.25) is 0 Å². The molecule has 1 amide bonds. The van der Waals surface area contributed by atoms with Crippen molar-refractivity contribution in [3.05, 3.63) is 65.0 Å². The number of rotatable bonds is 7. The normalized spacial score (nSPS) is 11.3. The maximum absolute atomic E-state index is 13.1. The summed E-state index contributed by atoms with van der Waals surface area (Å²) in [5.74, 6) is -0.680. The molecule has 0 bridgehead atoms. The van der Waals surface area contributed by atoms with E-state index < -0.39 is 10.0 Å². The minimum atomic E-state index is -3.66. The van der Waals surface area contributed by atoms with Crippen LogP contribution in [0.1, 0.15) is 23.1 Å². The summed E-state index contributed by atoms with van der Waals surface area (Å²) in [5, 5.41) is 2.63. The standard InChI is InChI=1S/C18H21FN2O3S/c1-13-6-7-14(2)17(10-13)25(23,24)21-9-8-18(22)20-12-15-4-3-5-16(19)11-15/h3-7,10-11,21H,8-9,12H2,1-2H3,(H,20,22). The minimum Gasteiger partial charge on any atom is -0.352 e. The zero-order valence-corrected chi connectivity index (χ0v) is 15.0. The molecule has 5 nitrogen and oxygen atoms in total. The van der Waals surface area contributed by atoms with Gasteiger partial charge in [0.25, 0.3) is 0 Å². The van der Waals surface area contributed by atoms with Crippen molar-refractivity contribution in [2.75, 3.05) is 6.54 Å². The molecule has 0 fully saturated rings. The van der Waals surface area contributed by atoms with E-state index in [4.69, 9.17) is 0 Å². The number of hydrogen-bond acceptors (Lipinski definition) is 3. The second kappa shape index (κ2) is 8.22. The van der Waals surface area contributed by atoms with Crippen molar-refractivity contribution in [1.29, 1.82) is 0 Å². The third kappa shape index (κ3) is 5.65. The second-order valence-corrected chi connectivity index (χ2v) is 7.56. The van der Waals surface area contributed by atoms with Gasteiger partial charge in [0.2, 0.25) is 15.9 Å². The monoisotopic (exact) mass is 364 g/mol. The maximum Gasteiger partial charge on any atom is 0.240 e. The van der Waals surface area contributed by atoms with Crippen LogP contribution in [-0.2, 0) is 21.4 Å². The summed E-state index contributed by atoms with van der Waals surface area (Å²) < 4.78 is 40.1. The van der Waals surface area contributed by atoms with Gasteiger partial charge in [0.15, 0.2) is 0 Å². The molecule has 2 N–H and O–H groups in total. The van der Waals surface area contributed by atoms with Crippen LogP contribution in [-0.4, -0.2) is 20.9 Å². The Labute approximate surface area is 147 Å². The van der Waals surface area contributed by atoms with Gasteiger partial charge >= 0.3 is 0 Å². The number of carbonyl (C=O) groups is 1. The Kier molecular flexibility index (Phi) is 6.27. The van der Waals surface area contributed by atoms with Gasteiger partial charge in [-0.15, -0.1) is 0 Å². The van der Waals surface area contributed by atoms with E-state index in [-0.39, 0.29) is 36.1 Å². The molecule has 2 rings (SSSR count). The lowest BCUT2D eigenvalue weighted by atomic mass is 10.2. The number of halogens is 1. The highest BCUT2D eigenvalue weighted by Crippen LogP contribution is 2.16. The summed E-state index contributed by atoms with van der Waals surface area (Å²) in [6, 6.07) is 11.1. The van der Waals surface area contributed by atoms with Crippen LogP contribution in [0.4, 0.5) is 4.39 Å². The Morgan fingerprint density at radius 1 is 1.12 bits per heavy atom. The molecular weight excluding hydrogens is 343 g/mol. The predicted octanol–water partition coefficient (Wildman–Crippen LogP) is 2.43. The van der Waals surface area contributed by atoms with Crippen LogP contribution in [0.25, 0.3) is 0 Å². The summed E-state index contributed by atoms with van der Waals surface area (Å²) in [6.07, 6.45) is -0.000586. The van der Waals surface area contributed by atoms with Crippen LogP contribution in [0.5, 0.6) is 0 Å². The Morgan fingerprint density at radius 3 is 2.60 bits per heavy atom. The molecule has 134 valence electrons. The van der Waals surface area contributed by atoms with E-state index in [1.807, 2.05) is 13.0 Å². The van der Waals surface area contributed by atoms with E-state index in [2.05, 4.69) is 10.0 Å². The van der Waals surface area contributed by atoms with Gasteiger partial charge in [-0.25, -0.2) is 17.5 Å². The maximum atomic E-state index is 13.1. The molecule has 2 aromatic carbocycles. The number of carbonyl (C=O) groups excluding carboxylic acids is 1. The van der Waals surface area contributed by atoms with Gasteiger partial charge in [0.05, 0.1) is 4.90 Å². The highest BCUT2D eigenvalue weighted by molar-refractivity contribution is 7.89. The van der Waals surface area contributed by atoms with E-state index in [0.717, 1.165) is 5.56 Å². The number of amides is 1. The van der Waals surface area contributed by atoms with E-state index in [1.165, 1.54) is 12.1 Å². The first-order chi connectivity index (χ1) is 11.8. The molecule has 7 heteroatoms. The van der Waals surface area contributed by atoms with Gasteiger partial charge in [-0.2, -0.15) is 0 Å². The predicted molar refractivity (Wildman–Crippen MR) is 94.0 cm³/mol. The quantitative estimate of drug-likeness (QED) is 0.792. The van der Waals surface area contributed by atoms with E-state index in [0.29, 0.717) is 11.1 Å². The second-order valence-electron chi connectivity index (χ2n) is 5.82. The number of hydrogen-bond donors (Lipinski definition) is 2. The Balaban J connectivity index is 1.85. The van der Waals surface area contributed by atoms with Gasteiger partial charge < -0.3 is 5.32 Å². The lowest BCUT2D eigenvalue weighted by Gasteiger charge is -2.10. The van der Waals surface area contributed by atoms with Crippen LogP contribution in [0.15, 0.2) is 47.4 Å². The number of nitrogens with one attached hydrogen (secondary N) is 2. The highest BCUT2D eigenvalue weighted by Gasteiger charge is 2.16. The zero-order valence-electron chi connectivity index (χ0n) is 14.2. The molecular formula is C18H21FN2O3S. The highest BCUT2D eigenvalue weighted by atomic mass is 32.2. The van der Waals surface area contributed by atoms with Crippen molar-refractivity contribution in [3.8, 4) is 0 Å². The van der Waals surface area contributed by atoms with Crippen molar-refractivity contribution in [3.63, 3.8) is 0 Å². The SMILES string of the molecule is Cc1ccc(C)c(S(=O)(=O)NCCC(=O)NCc2cccc(F)c2)c1.